The maximum absolute atomic E-state index is 13.4. The number of sulfone groups is 1. The van der Waals surface area contributed by atoms with Crippen molar-refractivity contribution in [3.05, 3.63) is 113 Å². The number of hydrogen-bond acceptors (Lipinski definition) is 7. The number of rotatable bonds is 13. The SMILES string of the molecule is C=CNc1ccc(-c2ccc(CNCCS(C)(=O)=O)o2)cc1C(N)=Nc1ccc(OCc2cccc(F)c2)c(Br)c1. The van der Waals surface area contributed by atoms with Crippen LogP contribution in [0, 0.1) is 5.82 Å². The van der Waals surface area contributed by atoms with E-state index in [1.54, 1.807) is 36.5 Å². The summed E-state index contributed by atoms with van der Waals surface area (Å²) >= 11 is 3.52. The zero-order chi connectivity index (χ0) is 29.4. The highest BCUT2D eigenvalue weighted by Crippen LogP contribution is 2.32. The first kappa shape index (κ1) is 30.0. The Morgan fingerprint density at radius 1 is 1.15 bits per heavy atom. The molecule has 0 unspecified atom stereocenters. The first-order chi connectivity index (χ1) is 19.6. The van der Waals surface area contributed by atoms with Gasteiger partial charge in [0, 0.05) is 29.6 Å². The lowest BCUT2D eigenvalue weighted by atomic mass is 10.1. The van der Waals surface area contributed by atoms with Crippen molar-refractivity contribution in [1.82, 2.24) is 5.32 Å². The van der Waals surface area contributed by atoms with Crippen molar-refractivity contribution in [3.63, 3.8) is 0 Å². The summed E-state index contributed by atoms with van der Waals surface area (Å²) in [6.07, 6.45) is 2.76. The van der Waals surface area contributed by atoms with Gasteiger partial charge in [-0.3, -0.25) is 0 Å². The van der Waals surface area contributed by atoms with Crippen molar-refractivity contribution in [2.45, 2.75) is 13.2 Å². The van der Waals surface area contributed by atoms with Crippen molar-refractivity contribution in [2.24, 2.45) is 10.7 Å². The van der Waals surface area contributed by atoms with E-state index in [0.717, 1.165) is 11.1 Å². The van der Waals surface area contributed by atoms with Crippen molar-refractivity contribution >= 4 is 43.0 Å². The maximum atomic E-state index is 13.4. The predicted octanol–water partition coefficient (Wildman–Crippen LogP) is 6.15. The van der Waals surface area contributed by atoms with Gasteiger partial charge in [0.2, 0.25) is 0 Å². The predicted molar refractivity (Wildman–Crippen MR) is 165 cm³/mol. The smallest absolute Gasteiger partial charge is 0.148 e. The first-order valence-corrected chi connectivity index (χ1v) is 15.5. The monoisotopic (exact) mass is 640 g/mol. The Morgan fingerprint density at radius 3 is 2.71 bits per heavy atom. The first-order valence-electron chi connectivity index (χ1n) is 12.6. The van der Waals surface area contributed by atoms with Crippen LogP contribution in [-0.4, -0.2) is 32.8 Å². The summed E-state index contributed by atoms with van der Waals surface area (Å²) < 4.78 is 48.5. The highest BCUT2D eigenvalue weighted by Gasteiger charge is 2.13. The summed E-state index contributed by atoms with van der Waals surface area (Å²) in [5.74, 6) is 1.90. The van der Waals surface area contributed by atoms with Crippen molar-refractivity contribution in [2.75, 3.05) is 23.9 Å². The van der Waals surface area contributed by atoms with Crippen LogP contribution in [0.1, 0.15) is 16.9 Å². The van der Waals surface area contributed by atoms with E-state index in [0.29, 0.717) is 51.8 Å². The molecule has 0 fully saturated rings. The number of hydrogen-bond donors (Lipinski definition) is 3. The molecule has 41 heavy (non-hydrogen) atoms. The third-order valence-corrected chi connectivity index (χ3v) is 7.46. The molecule has 0 amide bonds. The molecule has 4 N–H and O–H groups in total. The van der Waals surface area contributed by atoms with E-state index in [1.807, 2.05) is 30.3 Å². The van der Waals surface area contributed by atoms with Gasteiger partial charge in [0.25, 0.3) is 0 Å². The highest BCUT2D eigenvalue weighted by molar-refractivity contribution is 9.10. The Balaban J connectivity index is 1.50. The van der Waals surface area contributed by atoms with Gasteiger partial charge in [-0.2, -0.15) is 0 Å². The Morgan fingerprint density at radius 2 is 1.98 bits per heavy atom. The number of halogens is 2. The van der Waals surface area contributed by atoms with Crippen LogP contribution in [0.25, 0.3) is 11.3 Å². The molecule has 214 valence electrons. The number of benzene rings is 3. The number of nitrogens with one attached hydrogen (secondary N) is 2. The summed E-state index contributed by atoms with van der Waals surface area (Å²) in [5, 5.41) is 6.16. The average molecular weight is 642 g/mol. The van der Waals surface area contributed by atoms with Crippen molar-refractivity contribution in [3.8, 4) is 17.1 Å². The minimum atomic E-state index is -3.03. The lowest BCUT2D eigenvalue weighted by Crippen LogP contribution is -2.21. The van der Waals surface area contributed by atoms with Gasteiger partial charge in [0.1, 0.15) is 45.4 Å². The van der Waals surface area contributed by atoms with E-state index in [1.165, 1.54) is 18.4 Å². The van der Waals surface area contributed by atoms with E-state index in [4.69, 9.17) is 14.9 Å². The molecule has 0 aliphatic heterocycles. The number of aliphatic imine (C=N–C) groups is 1. The summed E-state index contributed by atoms with van der Waals surface area (Å²) in [6, 6.07) is 20.9. The van der Waals surface area contributed by atoms with Gasteiger partial charge in [-0.25, -0.2) is 17.8 Å². The molecule has 0 atom stereocenters. The molecule has 0 saturated carbocycles. The van der Waals surface area contributed by atoms with E-state index in [2.05, 4.69) is 38.1 Å². The second-order valence-electron chi connectivity index (χ2n) is 9.21. The Kier molecular flexibility index (Phi) is 9.98. The largest absolute Gasteiger partial charge is 0.488 e. The summed E-state index contributed by atoms with van der Waals surface area (Å²) in [4.78, 5) is 4.61. The number of amidine groups is 1. The van der Waals surface area contributed by atoms with Crippen molar-refractivity contribution < 1.29 is 22.0 Å². The fraction of sp³-hybridized carbons (Fsp3) is 0.167. The number of nitrogens with two attached hydrogens (primary N) is 1. The topological polar surface area (TPSA) is 119 Å². The molecule has 3 aromatic carbocycles. The number of anilines is 1. The molecular formula is C30H30BrFN4O4S. The number of ether oxygens (including phenoxy) is 1. The van der Waals surface area contributed by atoms with E-state index >= 15 is 0 Å². The van der Waals surface area contributed by atoms with E-state index in [-0.39, 0.29) is 24.0 Å². The molecule has 8 nitrogen and oxygen atoms in total. The van der Waals surface area contributed by atoms with Crippen LogP contribution in [-0.2, 0) is 23.0 Å². The zero-order valence-electron chi connectivity index (χ0n) is 22.4. The Hall–Kier alpha value is -3.93. The fourth-order valence-electron chi connectivity index (χ4n) is 3.91. The Labute approximate surface area is 247 Å². The van der Waals surface area contributed by atoms with Crippen LogP contribution in [0.4, 0.5) is 15.8 Å². The lowest BCUT2D eigenvalue weighted by molar-refractivity contribution is 0.303. The van der Waals surface area contributed by atoms with Gasteiger partial charge in [-0.1, -0.05) is 18.7 Å². The Bertz CT molecular complexity index is 1670. The molecule has 0 radical (unpaired) electrons. The minimum Gasteiger partial charge on any atom is -0.488 e. The third-order valence-electron chi connectivity index (χ3n) is 5.90. The van der Waals surface area contributed by atoms with Gasteiger partial charge in [0.05, 0.1) is 22.5 Å². The molecule has 1 aromatic heterocycles. The van der Waals surface area contributed by atoms with Crippen LogP contribution < -0.4 is 21.1 Å². The fourth-order valence-corrected chi connectivity index (χ4v) is 4.90. The molecule has 0 saturated heterocycles. The van der Waals surface area contributed by atoms with Crippen LogP contribution >= 0.6 is 15.9 Å². The number of nitrogens with zero attached hydrogens (tertiary/aromatic N) is 1. The molecule has 0 aliphatic carbocycles. The van der Waals surface area contributed by atoms with Crippen molar-refractivity contribution in [1.29, 1.82) is 0 Å². The zero-order valence-corrected chi connectivity index (χ0v) is 24.8. The quantitative estimate of drug-likeness (QED) is 0.0910. The van der Waals surface area contributed by atoms with Gasteiger partial charge in [-0.15, -0.1) is 0 Å². The molecule has 1 heterocycles. The van der Waals surface area contributed by atoms with Crippen LogP contribution in [0.2, 0.25) is 0 Å². The van der Waals surface area contributed by atoms with Crippen LogP contribution in [0.5, 0.6) is 5.75 Å². The summed E-state index contributed by atoms with van der Waals surface area (Å²) in [6.45, 7) is 4.70. The second kappa shape index (κ2) is 13.6. The molecule has 4 rings (SSSR count). The third kappa shape index (κ3) is 8.78. The van der Waals surface area contributed by atoms with E-state index < -0.39 is 9.84 Å². The lowest BCUT2D eigenvalue weighted by Gasteiger charge is -2.12. The molecule has 0 aliphatic rings. The maximum Gasteiger partial charge on any atom is 0.148 e. The molecular weight excluding hydrogens is 611 g/mol. The second-order valence-corrected chi connectivity index (χ2v) is 12.3. The van der Waals surface area contributed by atoms with Gasteiger partial charge < -0.3 is 25.5 Å². The van der Waals surface area contributed by atoms with Gasteiger partial charge >= 0.3 is 0 Å². The van der Waals surface area contributed by atoms with E-state index in [9.17, 15) is 12.8 Å². The minimum absolute atomic E-state index is 0.0571. The van der Waals surface area contributed by atoms with Gasteiger partial charge in [-0.05, 0) is 88.4 Å². The van der Waals surface area contributed by atoms with Crippen LogP contribution in [0.3, 0.4) is 0 Å². The molecule has 11 heteroatoms. The van der Waals surface area contributed by atoms with Crippen LogP contribution in [0.15, 0.2) is 99.5 Å². The molecule has 4 aromatic rings. The highest BCUT2D eigenvalue weighted by atomic mass is 79.9. The normalized spacial score (nSPS) is 11.8. The number of furan rings is 1. The molecule has 0 bridgehead atoms. The van der Waals surface area contributed by atoms with Gasteiger partial charge in [0.15, 0.2) is 0 Å². The standard InChI is InChI=1S/C30H30BrFN4O4S/c1-3-35-27-10-7-21(28-12-9-24(40-28)18-34-13-14-41(2,37)38)16-25(27)30(33)36-23-8-11-29(26(31)17-23)39-19-20-5-4-6-22(32)15-20/h3-12,15-17,34-35H,1,13-14,18-19H2,2H3,(H2,33,36). The molecule has 0 spiro atoms. The summed E-state index contributed by atoms with van der Waals surface area (Å²) in [7, 11) is -3.03. The average Bonchev–Trinajstić information content (AvgIpc) is 3.39. The summed E-state index contributed by atoms with van der Waals surface area (Å²) in [5.41, 5.74) is 9.94.